The van der Waals surface area contributed by atoms with E-state index in [4.69, 9.17) is 14.2 Å². The summed E-state index contributed by atoms with van der Waals surface area (Å²) in [5.41, 5.74) is 1.00. The SMILES string of the molecule is CCOP(=O)(CCc1ccc(O)cc1)OCC. The van der Waals surface area contributed by atoms with Crippen molar-refractivity contribution in [3.8, 4) is 5.75 Å². The fourth-order valence-electron chi connectivity index (χ4n) is 1.49. The summed E-state index contributed by atoms with van der Waals surface area (Å²) < 4.78 is 22.6. The summed E-state index contributed by atoms with van der Waals surface area (Å²) in [6.07, 6.45) is 0.969. The quantitative estimate of drug-likeness (QED) is 0.763. The number of hydrogen-bond acceptors (Lipinski definition) is 4. The molecule has 1 aromatic carbocycles. The Bertz CT molecular complexity index is 365. The molecule has 0 aliphatic carbocycles. The third-order valence-electron chi connectivity index (χ3n) is 2.26. The predicted molar refractivity (Wildman–Crippen MR) is 67.5 cm³/mol. The number of phenols is 1. The first-order valence-corrected chi connectivity index (χ1v) is 7.48. The van der Waals surface area contributed by atoms with Gasteiger partial charge in [-0.2, -0.15) is 0 Å². The van der Waals surface area contributed by atoms with Gasteiger partial charge in [0.05, 0.1) is 19.4 Å². The topological polar surface area (TPSA) is 55.8 Å². The maximum atomic E-state index is 12.2. The van der Waals surface area contributed by atoms with Gasteiger partial charge in [0.15, 0.2) is 0 Å². The molecule has 1 aromatic rings. The van der Waals surface area contributed by atoms with Crippen molar-refractivity contribution in [3.63, 3.8) is 0 Å². The second kappa shape index (κ2) is 6.80. The molecule has 0 saturated heterocycles. The normalized spacial score (nSPS) is 11.6. The molecule has 0 fully saturated rings. The highest BCUT2D eigenvalue weighted by Crippen LogP contribution is 2.48. The summed E-state index contributed by atoms with van der Waals surface area (Å²) in [7, 11) is -2.96. The van der Waals surface area contributed by atoms with Gasteiger partial charge in [0, 0.05) is 0 Å². The Balaban J connectivity index is 2.57. The average molecular weight is 258 g/mol. The predicted octanol–water partition coefficient (Wildman–Crippen LogP) is 3.20. The molecule has 5 heteroatoms. The fourth-order valence-corrected chi connectivity index (χ4v) is 3.14. The van der Waals surface area contributed by atoms with Crippen molar-refractivity contribution in [2.24, 2.45) is 0 Å². The lowest BCUT2D eigenvalue weighted by Crippen LogP contribution is -2.02. The Morgan fingerprint density at radius 2 is 1.65 bits per heavy atom. The molecular weight excluding hydrogens is 239 g/mol. The van der Waals surface area contributed by atoms with Crippen molar-refractivity contribution in [2.45, 2.75) is 20.3 Å². The maximum absolute atomic E-state index is 12.2. The second-order valence-electron chi connectivity index (χ2n) is 3.59. The molecule has 0 saturated carbocycles. The van der Waals surface area contributed by atoms with Gasteiger partial charge in [-0.05, 0) is 38.0 Å². The molecule has 0 bridgehead atoms. The summed E-state index contributed by atoms with van der Waals surface area (Å²) in [6, 6.07) is 6.83. The van der Waals surface area contributed by atoms with E-state index in [2.05, 4.69) is 0 Å². The third kappa shape index (κ3) is 4.90. The van der Waals surface area contributed by atoms with Crippen LogP contribution < -0.4 is 0 Å². The monoisotopic (exact) mass is 258 g/mol. The van der Waals surface area contributed by atoms with Crippen LogP contribution in [-0.4, -0.2) is 24.5 Å². The van der Waals surface area contributed by atoms with Crippen LogP contribution >= 0.6 is 7.60 Å². The standard InChI is InChI=1S/C12H19O4P/c1-3-15-17(14,16-4-2)10-9-11-5-7-12(13)8-6-11/h5-8,13H,3-4,9-10H2,1-2H3. The van der Waals surface area contributed by atoms with Gasteiger partial charge in [0.1, 0.15) is 5.75 Å². The fraction of sp³-hybridized carbons (Fsp3) is 0.500. The molecule has 0 heterocycles. The maximum Gasteiger partial charge on any atom is 0.330 e. The summed E-state index contributed by atoms with van der Waals surface area (Å²) >= 11 is 0. The minimum absolute atomic E-state index is 0.228. The second-order valence-corrected chi connectivity index (χ2v) is 5.77. The average Bonchev–Trinajstić information content (AvgIpc) is 2.29. The van der Waals surface area contributed by atoms with Crippen LogP contribution in [0.4, 0.5) is 0 Å². The van der Waals surface area contributed by atoms with E-state index in [1.165, 1.54) is 0 Å². The molecule has 1 rings (SSSR count). The van der Waals surface area contributed by atoms with Gasteiger partial charge in [-0.15, -0.1) is 0 Å². The van der Waals surface area contributed by atoms with Crippen molar-refractivity contribution in [2.75, 3.05) is 19.4 Å². The number of hydrogen-bond donors (Lipinski definition) is 1. The van der Waals surface area contributed by atoms with Crippen LogP contribution in [0.15, 0.2) is 24.3 Å². The lowest BCUT2D eigenvalue weighted by atomic mass is 10.2. The Labute approximate surface area is 102 Å². The van der Waals surface area contributed by atoms with E-state index >= 15 is 0 Å². The molecule has 0 amide bonds. The zero-order chi connectivity index (χ0) is 12.7. The molecule has 4 nitrogen and oxygen atoms in total. The molecule has 0 aromatic heterocycles. The summed E-state index contributed by atoms with van der Waals surface area (Å²) in [4.78, 5) is 0. The van der Waals surface area contributed by atoms with Crippen molar-refractivity contribution >= 4 is 7.60 Å². The summed E-state index contributed by atoms with van der Waals surface area (Å²) in [5.74, 6) is 0.228. The zero-order valence-electron chi connectivity index (χ0n) is 10.3. The van der Waals surface area contributed by atoms with Gasteiger partial charge in [0.2, 0.25) is 0 Å². The van der Waals surface area contributed by atoms with Crippen LogP contribution in [0.2, 0.25) is 0 Å². The highest BCUT2D eigenvalue weighted by atomic mass is 31.2. The molecule has 0 spiro atoms. The first kappa shape index (κ1) is 14.2. The Hall–Kier alpha value is -0.830. The number of aryl methyl sites for hydroxylation is 1. The van der Waals surface area contributed by atoms with Crippen LogP contribution in [0.3, 0.4) is 0 Å². The van der Waals surface area contributed by atoms with Gasteiger partial charge in [-0.1, -0.05) is 12.1 Å². The van der Waals surface area contributed by atoms with Crippen molar-refractivity contribution in [1.29, 1.82) is 0 Å². The number of aromatic hydroxyl groups is 1. The third-order valence-corrected chi connectivity index (χ3v) is 4.34. The van der Waals surface area contributed by atoms with E-state index < -0.39 is 7.60 Å². The van der Waals surface area contributed by atoms with Crippen LogP contribution in [0, 0.1) is 0 Å². The molecule has 0 unspecified atom stereocenters. The van der Waals surface area contributed by atoms with Gasteiger partial charge >= 0.3 is 7.60 Å². The molecule has 0 atom stereocenters. The first-order chi connectivity index (χ1) is 8.09. The molecule has 0 radical (unpaired) electrons. The largest absolute Gasteiger partial charge is 0.508 e. The van der Waals surface area contributed by atoms with Crippen LogP contribution in [-0.2, 0) is 20.0 Å². The molecule has 0 aliphatic rings. The van der Waals surface area contributed by atoms with E-state index in [1.54, 1.807) is 38.1 Å². The lowest BCUT2D eigenvalue weighted by Gasteiger charge is -2.16. The highest BCUT2D eigenvalue weighted by Gasteiger charge is 2.22. The number of phenolic OH excluding ortho intramolecular Hbond substituents is 1. The van der Waals surface area contributed by atoms with Gasteiger partial charge in [0.25, 0.3) is 0 Å². The van der Waals surface area contributed by atoms with Gasteiger partial charge in [-0.25, -0.2) is 0 Å². The van der Waals surface area contributed by atoms with Crippen LogP contribution in [0.5, 0.6) is 5.75 Å². The van der Waals surface area contributed by atoms with Crippen molar-refractivity contribution in [3.05, 3.63) is 29.8 Å². The van der Waals surface area contributed by atoms with E-state index in [0.29, 0.717) is 25.8 Å². The van der Waals surface area contributed by atoms with Crippen molar-refractivity contribution in [1.82, 2.24) is 0 Å². The van der Waals surface area contributed by atoms with E-state index in [0.717, 1.165) is 5.56 Å². The molecule has 0 aliphatic heterocycles. The summed E-state index contributed by atoms with van der Waals surface area (Å²) in [5, 5.41) is 9.15. The first-order valence-electron chi connectivity index (χ1n) is 5.75. The van der Waals surface area contributed by atoms with E-state index in [9.17, 15) is 4.57 Å². The number of rotatable bonds is 7. The Morgan fingerprint density at radius 1 is 1.12 bits per heavy atom. The van der Waals surface area contributed by atoms with Crippen molar-refractivity contribution < 1.29 is 18.7 Å². The minimum Gasteiger partial charge on any atom is -0.508 e. The summed E-state index contributed by atoms with van der Waals surface area (Å²) in [6.45, 7) is 4.36. The van der Waals surface area contributed by atoms with Gasteiger partial charge in [-0.3, -0.25) is 4.57 Å². The lowest BCUT2D eigenvalue weighted by molar-refractivity contribution is 0.220. The molecule has 17 heavy (non-hydrogen) atoms. The highest BCUT2D eigenvalue weighted by molar-refractivity contribution is 7.53. The van der Waals surface area contributed by atoms with Crippen LogP contribution in [0.25, 0.3) is 0 Å². The molecule has 96 valence electrons. The Kier molecular flexibility index (Phi) is 5.69. The minimum atomic E-state index is -2.96. The zero-order valence-corrected chi connectivity index (χ0v) is 11.2. The van der Waals surface area contributed by atoms with Crippen LogP contribution in [0.1, 0.15) is 19.4 Å². The van der Waals surface area contributed by atoms with Gasteiger partial charge < -0.3 is 14.2 Å². The van der Waals surface area contributed by atoms with E-state index in [1.807, 2.05) is 0 Å². The van der Waals surface area contributed by atoms with E-state index in [-0.39, 0.29) is 5.75 Å². The smallest absolute Gasteiger partial charge is 0.330 e. The molecule has 1 N–H and O–H groups in total. The molecular formula is C12H19O4P. The Morgan fingerprint density at radius 3 is 2.12 bits per heavy atom. The number of benzene rings is 1.